The molecule has 0 bridgehead atoms. The zero-order chi connectivity index (χ0) is 27.9. The third-order valence-electron chi connectivity index (χ3n) is 7.90. The molecule has 1 fully saturated rings. The van der Waals surface area contributed by atoms with E-state index in [-0.39, 0.29) is 34.7 Å². The van der Waals surface area contributed by atoms with Crippen molar-refractivity contribution in [3.8, 4) is 11.3 Å². The second-order valence-electron chi connectivity index (χ2n) is 10.6. The Labute approximate surface area is 226 Å². The molecule has 0 saturated carbocycles. The highest BCUT2D eigenvalue weighted by Gasteiger charge is 2.40. The van der Waals surface area contributed by atoms with Crippen LogP contribution in [0.25, 0.3) is 22.3 Å². The summed E-state index contributed by atoms with van der Waals surface area (Å²) < 4.78 is 47.4. The molecule has 39 heavy (non-hydrogen) atoms. The van der Waals surface area contributed by atoms with Crippen molar-refractivity contribution in [1.29, 1.82) is 0 Å². The Kier molecular flexibility index (Phi) is 7.33. The van der Waals surface area contributed by atoms with Gasteiger partial charge < -0.3 is 14.8 Å². The van der Waals surface area contributed by atoms with Gasteiger partial charge in [-0.05, 0) is 63.9 Å². The van der Waals surface area contributed by atoms with Crippen LogP contribution in [0.1, 0.15) is 63.9 Å². The van der Waals surface area contributed by atoms with Gasteiger partial charge in [-0.2, -0.15) is 0 Å². The smallest absolute Gasteiger partial charge is 0.229 e. The summed E-state index contributed by atoms with van der Waals surface area (Å²) in [4.78, 5) is 19.4. The molecule has 1 aliphatic rings. The van der Waals surface area contributed by atoms with Gasteiger partial charge in [-0.15, -0.1) is 0 Å². The van der Waals surface area contributed by atoms with Crippen LogP contribution in [0.3, 0.4) is 0 Å². The lowest BCUT2D eigenvalue weighted by atomic mass is 9.79. The summed E-state index contributed by atoms with van der Waals surface area (Å²) in [6.07, 6.45) is 3.70. The highest BCUT2D eigenvalue weighted by atomic mass is 19.1. The van der Waals surface area contributed by atoms with E-state index >= 15 is 4.39 Å². The van der Waals surface area contributed by atoms with E-state index in [0.717, 1.165) is 31.4 Å². The van der Waals surface area contributed by atoms with Gasteiger partial charge >= 0.3 is 0 Å². The van der Waals surface area contributed by atoms with Gasteiger partial charge in [0, 0.05) is 36.8 Å². The molecule has 1 N–H and O–H groups in total. The molecule has 1 aliphatic heterocycles. The summed E-state index contributed by atoms with van der Waals surface area (Å²) in [5.74, 6) is -0.286. The van der Waals surface area contributed by atoms with Crippen LogP contribution in [0.4, 0.5) is 24.9 Å². The molecular weight excluding hydrogens is 503 g/mol. The third-order valence-corrected chi connectivity index (χ3v) is 7.90. The van der Waals surface area contributed by atoms with E-state index in [1.54, 1.807) is 18.3 Å². The zero-order valence-electron chi connectivity index (χ0n) is 23.0. The van der Waals surface area contributed by atoms with Crippen molar-refractivity contribution in [3.05, 3.63) is 59.7 Å². The molecule has 1 saturated heterocycles. The molecule has 3 aromatic heterocycles. The number of nitrogens with zero attached hydrogens (tertiary/aromatic N) is 6. The highest BCUT2D eigenvalue weighted by molar-refractivity contribution is 5.83. The lowest BCUT2D eigenvalue weighted by Crippen LogP contribution is -2.44. The van der Waals surface area contributed by atoms with Crippen LogP contribution >= 0.6 is 0 Å². The molecule has 10 heteroatoms. The number of nitrogens with one attached hydrogen (secondary N) is 1. The molecular formula is C29H34F3N7. The molecule has 1 aromatic carbocycles. The van der Waals surface area contributed by atoms with Crippen LogP contribution in [0.5, 0.6) is 0 Å². The summed E-state index contributed by atoms with van der Waals surface area (Å²) in [5.41, 5.74) is 0.603. The Bertz CT molecular complexity index is 1470. The molecule has 0 aliphatic carbocycles. The average Bonchev–Trinajstić information content (AvgIpc) is 3.27. The van der Waals surface area contributed by atoms with Gasteiger partial charge in [0.15, 0.2) is 11.6 Å². The zero-order valence-corrected chi connectivity index (χ0v) is 23.0. The van der Waals surface area contributed by atoms with Gasteiger partial charge in [-0.25, -0.2) is 33.1 Å². The summed E-state index contributed by atoms with van der Waals surface area (Å²) >= 11 is 0. The molecule has 0 radical (unpaired) electrons. The molecule has 4 heterocycles. The first-order valence-electron chi connectivity index (χ1n) is 13.4. The van der Waals surface area contributed by atoms with Gasteiger partial charge in [0.1, 0.15) is 28.5 Å². The van der Waals surface area contributed by atoms with E-state index in [9.17, 15) is 8.78 Å². The van der Waals surface area contributed by atoms with Crippen molar-refractivity contribution in [2.24, 2.45) is 0 Å². The SMILES string of the molecule is CCN1CCC(F)([C@@H](C)c2ccc(Nc3ncc(F)c(-c4cc(F)c5nc(C)n(C(C)C)c5c4)n3)nc2)CC1. The first-order chi connectivity index (χ1) is 18.6. The number of benzene rings is 1. The van der Waals surface area contributed by atoms with Crippen molar-refractivity contribution in [2.75, 3.05) is 25.0 Å². The minimum Gasteiger partial charge on any atom is -0.326 e. The number of pyridine rings is 1. The fraction of sp³-hybridized carbons (Fsp3) is 0.448. The number of anilines is 2. The first-order valence-corrected chi connectivity index (χ1v) is 13.4. The molecule has 5 rings (SSSR count). The number of halogens is 3. The normalized spacial score (nSPS) is 16.6. The molecule has 7 nitrogen and oxygen atoms in total. The molecule has 0 unspecified atom stereocenters. The Morgan fingerprint density at radius 2 is 1.74 bits per heavy atom. The molecule has 0 spiro atoms. The predicted octanol–water partition coefficient (Wildman–Crippen LogP) is 6.73. The number of fused-ring (bicyclic) bond motifs is 1. The van der Waals surface area contributed by atoms with Crippen molar-refractivity contribution in [1.82, 2.24) is 29.4 Å². The van der Waals surface area contributed by atoms with E-state index in [4.69, 9.17) is 0 Å². The number of hydrogen-bond donors (Lipinski definition) is 1. The molecule has 0 amide bonds. The maximum absolute atomic E-state index is 15.7. The second kappa shape index (κ2) is 10.6. The van der Waals surface area contributed by atoms with E-state index in [1.165, 1.54) is 6.07 Å². The van der Waals surface area contributed by atoms with Gasteiger partial charge in [-0.1, -0.05) is 19.9 Å². The number of aromatic nitrogens is 5. The molecule has 206 valence electrons. The van der Waals surface area contributed by atoms with Crippen LogP contribution in [0.2, 0.25) is 0 Å². The fourth-order valence-corrected chi connectivity index (χ4v) is 5.51. The van der Waals surface area contributed by atoms with Gasteiger partial charge in [0.25, 0.3) is 0 Å². The predicted molar refractivity (Wildman–Crippen MR) is 147 cm³/mol. The minimum atomic E-state index is -1.27. The van der Waals surface area contributed by atoms with Crippen LogP contribution in [0.15, 0.2) is 36.7 Å². The number of piperidine rings is 1. The van der Waals surface area contributed by atoms with Crippen LogP contribution in [-0.2, 0) is 0 Å². The number of imidazole rings is 1. The Hall–Kier alpha value is -3.53. The van der Waals surface area contributed by atoms with Gasteiger partial charge in [-0.3, -0.25) is 0 Å². The number of aryl methyl sites for hydroxylation is 1. The Morgan fingerprint density at radius 1 is 1.00 bits per heavy atom. The van der Waals surface area contributed by atoms with Crippen LogP contribution in [-0.4, -0.2) is 54.7 Å². The van der Waals surface area contributed by atoms with E-state index in [0.29, 0.717) is 30.0 Å². The largest absolute Gasteiger partial charge is 0.326 e. The van der Waals surface area contributed by atoms with Crippen molar-refractivity contribution >= 4 is 22.8 Å². The topological polar surface area (TPSA) is 71.8 Å². The number of alkyl halides is 1. The van der Waals surface area contributed by atoms with Crippen LogP contribution < -0.4 is 5.32 Å². The van der Waals surface area contributed by atoms with E-state index < -0.39 is 17.3 Å². The lowest BCUT2D eigenvalue weighted by molar-refractivity contribution is 0.0408. The van der Waals surface area contributed by atoms with E-state index in [1.807, 2.05) is 38.3 Å². The van der Waals surface area contributed by atoms with Crippen LogP contribution in [0, 0.1) is 18.6 Å². The summed E-state index contributed by atoms with van der Waals surface area (Å²) in [5, 5.41) is 2.98. The standard InChI is InChI=1S/C29H34F3N7/c1-6-38-11-9-29(32,10-12-38)18(4)20-7-8-25(33-15-20)36-28-34-16-23(31)26(37-28)21-13-22(30)27-24(14-21)39(17(2)3)19(5)35-27/h7-8,13-18H,6,9-12H2,1-5H3,(H,33,34,36,37)/t18-/m0/s1. The Morgan fingerprint density at radius 3 is 2.38 bits per heavy atom. The second-order valence-corrected chi connectivity index (χ2v) is 10.6. The highest BCUT2D eigenvalue weighted by Crippen LogP contribution is 2.40. The fourth-order valence-electron chi connectivity index (χ4n) is 5.51. The maximum atomic E-state index is 15.7. The van der Waals surface area contributed by atoms with Crippen molar-refractivity contribution in [3.63, 3.8) is 0 Å². The number of likely N-dealkylation sites (tertiary alicyclic amines) is 1. The maximum Gasteiger partial charge on any atom is 0.229 e. The van der Waals surface area contributed by atoms with Crippen molar-refractivity contribution in [2.45, 2.75) is 65.1 Å². The molecule has 1 atom stereocenters. The summed E-state index contributed by atoms with van der Waals surface area (Å²) in [7, 11) is 0. The Balaban J connectivity index is 1.38. The monoisotopic (exact) mass is 537 g/mol. The molecule has 4 aromatic rings. The number of rotatable bonds is 7. The lowest BCUT2D eigenvalue weighted by Gasteiger charge is -2.39. The summed E-state index contributed by atoms with van der Waals surface area (Å²) in [6.45, 7) is 12.2. The minimum absolute atomic E-state index is 0.0366. The van der Waals surface area contributed by atoms with Crippen molar-refractivity contribution < 1.29 is 13.2 Å². The first kappa shape index (κ1) is 27.1. The third kappa shape index (κ3) is 5.22. The van der Waals surface area contributed by atoms with Gasteiger partial charge in [0.2, 0.25) is 5.95 Å². The quantitative estimate of drug-likeness (QED) is 0.282. The average molecular weight is 538 g/mol. The van der Waals surface area contributed by atoms with Gasteiger partial charge in [0.05, 0.1) is 11.7 Å². The summed E-state index contributed by atoms with van der Waals surface area (Å²) in [6, 6.07) is 6.56. The van der Waals surface area contributed by atoms with E-state index in [2.05, 4.69) is 37.1 Å². The number of hydrogen-bond acceptors (Lipinski definition) is 6.